The lowest BCUT2D eigenvalue weighted by Crippen LogP contribution is -2.57. The summed E-state index contributed by atoms with van der Waals surface area (Å²) in [7, 11) is 1.74. The number of rotatable bonds is 2. The van der Waals surface area contributed by atoms with Gasteiger partial charge in [-0.05, 0) is 26.3 Å². The second-order valence-corrected chi connectivity index (χ2v) is 7.09. The van der Waals surface area contributed by atoms with Gasteiger partial charge in [-0.2, -0.15) is 0 Å². The molecule has 0 radical (unpaired) electrons. The van der Waals surface area contributed by atoms with E-state index < -0.39 is 12.1 Å². The first-order chi connectivity index (χ1) is 11.9. The Kier molecular flexibility index (Phi) is 5.11. The van der Waals surface area contributed by atoms with E-state index in [0.717, 1.165) is 11.1 Å². The molecule has 6 nitrogen and oxygen atoms in total. The number of amides is 2. The molecule has 2 fully saturated rings. The van der Waals surface area contributed by atoms with Crippen LogP contribution in [0.15, 0.2) is 24.3 Å². The third-order valence-corrected chi connectivity index (χ3v) is 4.88. The fourth-order valence-corrected chi connectivity index (χ4v) is 3.62. The van der Waals surface area contributed by atoms with Gasteiger partial charge < -0.3 is 19.3 Å². The summed E-state index contributed by atoms with van der Waals surface area (Å²) in [5.74, 6) is -0.190. The Morgan fingerprint density at radius 1 is 1.12 bits per heavy atom. The van der Waals surface area contributed by atoms with Crippen LogP contribution in [0.5, 0.6) is 0 Å². The van der Waals surface area contributed by atoms with Crippen molar-refractivity contribution in [2.45, 2.75) is 45.1 Å². The van der Waals surface area contributed by atoms with E-state index in [1.807, 2.05) is 45.0 Å². The molecule has 136 valence electrons. The van der Waals surface area contributed by atoms with Crippen LogP contribution in [0.1, 0.15) is 31.0 Å². The average molecular weight is 346 g/mol. The zero-order valence-corrected chi connectivity index (χ0v) is 15.3. The maximum Gasteiger partial charge on any atom is 0.254 e. The van der Waals surface area contributed by atoms with Gasteiger partial charge in [0.15, 0.2) is 6.10 Å². The number of carbonyl (C=O) groups excluding carboxylic acids is 2. The van der Waals surface area contributed by atoms with E-state index >= 15 is 0 Å². The van der Waals surface area contributed by atoms with Gasteiger partial charge in [0, 0.05) is 20.1 Å². The molecule has 0 bridgehead atoms. The first-order valence-corrected chi connectivity index (χ1v) is 8.75. The molecule has 0 aromatic heterocycles. The summed E-state index contributed by atoms with van der Waals surface area (Å²) in [6, 6.07) is 7.49. The molecule has 0 unspecified atom stereocenters. The number of aryl methyl sites for hydroxylation is 1. The molecule has 6 heteroatoms. The third-order valence-electron chi connectivity index (χ3n) is 4.88. The van der Waals surface area contributed by atoms with Crippen LogP contribution in [0.4, 0.5) is 0 Å². The van der Waals surface area contributed by atoms with Crippen molar-refractivity contribution in [2.24, 2.45) is 0 Å². The molecular weight excluding hydrogens is 320 g/mol. The first kappa shape index (κ1) is 17.9. The number of morpholine rings is 2. The maximum absolute atomic E-state index is 13.2. The molecule has 1 aromatic carbocycles. The van der Waals surface area contributed by atoms with Crippen LogP contribution in [0.2, 0.25) is 0 Å². The number of hydrogen-bond donors (Lipinski definition) is 0. The first-order valence-electron chi connectivity index (χ1n) is 8.75. The molecule has 3 rings (SSSR count). The van der Waals surface area contributed by atoms with Crippen molar-refractivity contribution in [3.63, 3.8) is 0 Å². The molecule has 2 heterocycles. The van der Waals surface area contributed by atoms with E-state index in [1.54, 1.807) is 16.8 Å². The zero-order chi connectivity index (χ0) is 18.1. The highest BCUT2D eigenvalue weighted by Crippen LogP contribution is 2.31. The van der Waals surface area contributed by atoms with Crippen molar-refractivity contribution in [1.29, 1.82) is 0 Å². The molecule has 0 N–H and O–H groups in total. The van der Waals surface area contributed by atoms with Gasteiger partial charge in [-0.3, -0.25) is 9.59 Å². The van der Waals surface area contributed by atoms with Crippen LogP contribution >= 0.6 is 0 Å². The van der Waals surface area contributed by atoms with Gasteiger partial charge in [-0.15, -0.1) is 0 Å². The van der Waals surface area contributed by atoms with Gasteiger partial charge >= 0.3 is 0 Å². The van der Waals surface area contributed by atoms with Crippen molar-refractivity contribution in [2.75, 3.05) is 26.7 Å². The van der Waals surface area contributed by atoms with Gasteiger partial charge in [0.25, 0.3) is 5.91 Å². The predicted octanol–water partition coefficient (Wildman–Crippen LogP) is 1.53. The van der Waals surface area contributed by atoms with Gasteiger partial charge in [0.2, 0.25) is 5.91 Å². The predicted molar refractivity (Wildman–Crippen MR) is 93.0 cm³/mol. The van der Waals surface area contributed by atoms with Crippen molar-refractivity contribution in [3.05, 3.63) is 35.4 Å². The van der Waals surface area contributed by atoms with Crippen LogP contribution in [0.3, 0.4) is 0 Å². The smallest absolute Gasteiger partial charge is 0.254 e. The molecule has 2 aliphatic heterocycles. The van der Waals surface area contributed by atoms with E-state index in [9.17, 15) is 9.59 Å². The van der Waals surface area contributed by atoms with E-state index in [2.05, 4.69) is 0 Å². The fraction of sp³-hybridized carbons (Fsp3) is 0.579. The largest absolute Gasteiger partial charge is 0.372 e. The van der Waals surface area contributed by atoms with E-state index in [4.69, 9.17) is 9.47 Å². The van der Waals surface area contributed by atoms with E-state index in [-0.39, 0.29) is 30.6 Å². The molecule has 1 aromatic rings. The number of hydrogen-bond acceptors (Lipinski definition) is 4. The Morgan fingerprint density at radius 3 is 2.32 bits per heavy atom. The van der Waals surface area contributed by atoms with Crippen molar-refractivity contribution in [3.8, 4) is 0 Å². The SMILES string of the molecule is Cc1ccc([C@@H]2[C@H](C(=O)N3C[C@@H](C)O[C@@H](C)C3)OCC(=O)N2C)cc1. The lowest BCUT2D eigenvalue weighted by molar-refractivity contribution is -0.173. The van der Waals surface area contributed by atoms with Crippen LogP contribution in [0.25, 0.3) is 0 Å². The number of ether oxygens (including phenoxy) is 2. The van der Waals surface area contributed by atoms with E-state index in [0.29, 0.717) is 13.1 Å². The minimum atomic E-state index is -0.692. The second-order valence-electron chi connectivity index (χ2n) is 7.09. The zero-order valence-electron chi connectivity index (χ0n) is 15.3. The normalized spacial score (nSPS) is 30.5. The number of carbonyl (C=O) groups is 2. The van der Waals surface area contributed by atoms with Gasteiger partial charge in [0.05, 0.1) is 18.2 Å². The number of nitrogens with zero attached hydrogens (tertiary/aromatic N) is 2. The highest BCUT2D eigenvalue weighted by Gasteiger charge is 2.42. The highest BCUT2D eigenvalue weighted by atomic mass is 16.5. The molecule has 2 amide bonds. The van der Waals surface area contributed by atoms with Crippen LogP contribution < -0.4 is 0 Å². The molecule has 2 aliphatic rings. The van der Waals surface area contributed by atoms with Gasteiger partial charge in [0.1, 0.15) is 6.61 Å². The Balaban J connectivity index is 1.87. The molecule has 0 saturated carbocycles. The summed E-state index contributed by atoms with van der Waals surface area (Å²) in [6.45, 7) is 6.96. The monoisotopic (exact) mass is 346 g/mol. The topological polar surface area (TPSA) is 59.1 Å². The Morgan fingerprint density at radius 2 is 1.72 bits per heavy atom. The Labute approximate surface area is 148 Å². The minimum Gasteiger partial charge on any atom is -0.372 e. The molecule has 25 heavy (non-hydrogen) atoms. The van der Waals surface area contributed by atoms with Crippen LogP contribution in [-0.4, -0.2) is 66.7 Å². The number of likely N-dealkylation sites (N-methyl/N-ethyl adjacent to an activating group) is 1. The summed E-state index contributed by atoms with van der Waals surface area (Å²) in [5, 5.41) is 0. The van der Waals surface area contributed by atoms with Crippen molar-refractivity contribution in [1.82, 2.24) is 9.80 Å². The van der Waals surface area contributed by atoms with Crippen molar-refractivity contribution >= 4 is 11.8 Å². The number of benzene rings is 1. The van der Waals surface area contributed by atoms with Crippen LogP contribution in [0, 0.1) is 6.92 Å². The van der Waals surface area contributed by atoms with Crippen molar-refractivity contribution < 1.29 is 19.1 Å². The summed E-state index contributed by atoms with van der Waals surface area (Å²) < 4.78 is 11.4. The van der Waals surface area contributed by atoms with Crippen LogP contribution in [-0.2, 0) is 19.1 Å². The summed E-state index contributed by atoms with van der Waals surface area (Å²) in [5.41, 5.74) is 2.04. The fourth-order valence-electron chi connectivity index (χ4n) is 3.62. The maximum atomic E-state index is 13.2. The average Bonchev–Trinajstić information content (AvgIpc) is 2.57. The molecular formula is C19H26N2O4. The summed E-state index contributed by atoms with van der Waals surface area (Å²) in [4.78, 5) is 28.7. The summed E-state index contributed by atoms with van der Waals surface area (Å²) in [6.07, 6.45) is -0.704. The Bertz CT molecular complexity index is 635. The quantitative estimate of drug-likeness (QED) is 0.815. The lowest BCUT2D eigenvalue weighted by atomic mass is 9.96. The lowest BCUT2D eigenvalue weighted by Gasteiger charge is -2.42. The van der Waals surface area contributed by atoms with Gasteiger partial charge in [-0.1, -0.05) is 29.8 Å². The Hall–Kier alpha value is -1.92. The molecule has 2 saturated heterocycles. The van der Waals surface area contributed by atoms with E-state index in [1.165, 1.54) is 0 Å². The highest BCUT2D eigenvalue weighted by molar-refractivity contribution is 5.86. The molecule has 4 atom stereocenters. The minimum absolute atomic E-state index is 0.00604. The standard InChI is InChI=1S/C19H26N2O4/c1-12-5-7-15(8-6-12)17-18(24-11-16(22)20(17)4)19(23)21-9-13(2)25-14(3)10-21/h5-8,13-14,17-18H,9-11H2,1-4H3/t13-,14+,17-,18-/m1/s1. The van der Waals surface area contributed by atoms with Gasteiger partial charge in [-0.25, -0.2) is 0 Å². The molecule has 0 aliphatic carbocycles. The summed E-state index contributed by atoms with van der Waals surface area (Å²) >= 11 is 0. The third kappa shape index (κ3) is 3.70. The second kappa shape index (κ2) is 7.14. The molecule has 0 spiro atoms.